The molecule has 1 aromatic rings. The molecule has 1 heterocycles. The predicted molar refractivity (Wildman–Crippen MR) is 62.4 cm³/mol. The van der Waals surface area contributed by atoms with Crippen LogP contribution >= 0.6 is 0 Å². The quantitative estimate of drug-likeness (QED) is 0.745. The number of rotatable bonds is 4. The molecule has 0 fully saturated rings. The zero-order chi connectivity index (χ0) is 13.3. The maximum Gasteiger partial charge on any atom is 0.353 e. The van der Waals surface area contributed by atoms with Crippen LogP contribution in [0.1, 0.15) is 31.3 Å². The van der Waals surface area contributed by atoms with Gasteiger partial charge in [0.05, 0.1) is 5.75 Å². The second-order valence-electron chi connectivity index (χ2n) is 4.89. The first-order chi connectivity index (χ1) is 7.59. The van der Waals surface area contributed by atoms with Crippen molar-refractivity contribution in [2.75, 3.05) is 10.5 Å². The topological polar surface area (TPSA) is 112 Å². The zero-order valence-electron chi connectivity index (χ0n) is 9.81. The van der Waals surface area contributed by atoms with Gasteiger partial charge in [0.2, 0.25) is 10.0 Å². The third kappa shape index (κ3) is 4.43. The van der Waals surface area contributed by atoms with Gasteiger partial charge in [-0.3, -0.25) is 9.82 Å². The number of carboxylic acid groups (broad SMARTS) is 1. The third-order valence-corrected chi connectivity index (χ3v) is 3.46. The van der Waals surface area contributed by atoms with E-state index in [9.17, 15) is 13.2 Å². The molecule has 8 heteroatoms. The average Bonchev–Trinajstić information content (AvgIpc) is 2.46. The van der Waals surface area contributed by atoms with Crippen LogP contribution in [-0.4, -0.2) is 35.4 Å². The van der Waals surface area contributed by atoms with E-state index in [4.69, 9.17) is 5.11 Å². The van der Waals surface area contributed by atoms with Crippen molar-refractivity contribution in [3.05, 3.63) is 11.8 Å². The van der Waals surface area contributed by atoms with Crippen molar-refractivity contribution in [3.8, 4) is 0 Å². The highest BCUT2D eigenvalue weighted by Crippen LogP contribution is 2.17. The number of carboxylic acids is 1. The summed E-state index contributed by atoms with van der Waals surface area (Å²) in [4.78, 5) is 10.6. The van der Waals surface area contributed by atoms with Gasteiger partial charge in [-0.15, -0.1) is 0 Å². The monoisotopic (exact) mass is 261 g/mol. The Hall–Kier alpha value is -1.57. The summed E-state index contributed by atoms with van der Waals surface area (Å²) < 4.78 is 25.6. The SMILES string of the molecule is CC(C)(C)CS(=O)(=O)Nc1cc(C(=O)O)[nH]n1. The third-order valence-electron chi connectivity index (χ3n) is 1.69. The number of carbonyl (C=O) groups is 1. The minimum Gasteiger partial charge on any atom is -0.477 e. The summed E-state index contributed by atoms with van der Waals surface area (Å²) in [5.74, 6) is -1.29. The Morgan fingerprint density at radius 3 is 2.53 bits per heavy atom. The predicted octanol–water partition coefficient (Wildman–Crippen LogP) is 0.896. The van der Waals surface area contributed by atoms with Crippen LogP contribution in [0.5, 0.6) is 0 Å². The lowest BCUT2D eigenvalue weighted by Gasteiger charge is -2.17. The highest BCUT2D eigenvalue weighted by molar-refractivity contribution is 7.92. The van der Waals surface area contributed by atoms with Crippen molar-refractivity contribution in [1.29, 1.82) is 0 Å². The number of nitrogens with one attached hydrogen (secondary N) is 2. The number of hydrogen-bond acceptors (Lipinski definition) is 4. The Balaban J connectivity index is 2.80. The van der Waals surface area contributed by atoms with Crippen LogP contribution in [0.3, 0.4) is 0 Å². The maximum absolute atomic E-state index is 11.7. The van der Waals surface area contributed by atoms with Gasteiger partial charge < -0.3 is 5.11 Å². The van der Waals surface area contributed by atoms with Crippen LogP contribution in [0.15, 0.2) is 6.07 Å². The normalized spacial score (nSPS) is 12.4. The van der Waals surface area contributed by atoms with E-state index in [1.54, 1.807) is 20.8 Å². The van der Waals surface area contributed by atoms with Crippen LogP contribution in [0.25, 0.3) is 0 Å². The molecule has 0 aromatic carbocycles. The van der Waals surface area contributed by atoms with Crippen LogP contribution in [-0.2, 0) is 10.0 Å². The fourth-order valence-corrected chi connectivity index (χ4v) is 2.88. The molecule has 96 valence electrons. The fraction of sp³-hybridized carbons (Fsp3) is 0.556. The van der Waals surface area contributed by atoms with Gasteiger partial charge in [-0.2, -0.15) is 5.10 Å². The molecule has 1 aromatic heterocycles. The molecule has 0 unspecified atom stereocenters. The fourth-order valence-electron chi connectivity index (χ4n) is 1.25. The highest BCUT2D eigenvalue weighted by Gasteiger charge is 2.22. The van der Waals surface area contributed by atoms with Crippen LogP contribution in [0.2, 0.25) is 0 Å². The van der Waals surface area contributed by atoms with Crippen molar-refractivity contribution in [2.45, 2.75) is 20.8 Å². The number of aromatic carboxylic acids is 1. The molecule has 1 rings (SSSR count). The molecule has 0 aliphatic rings. The molecule has 0 atom stereocenters. The van der Waals surface area contributed by atoms with E-state index in [1.165, 1.54) is 0 Å². The highest BCUT2D eigenvalue weighted by atomic mass is 32.2. The average molecular weight is 261 g/mol. The molecular formula is C9H15N3O4S. The minimum atomic E-state index is -3.53. The Bertz CT molecular complexity index is 513. The first-order valence-electron chi connectivity index (χ1n) is 4.88. The van der Waals surface area contributed by atoms with E-state index in [-0.39, 0.29) is 17.3 Å². The Morgan fingerprint density at radius 1 is 1.53 bits per heavy atom. The second-order valence-corrected chi connectivity index (χ2v) is 6.62. The van der Waals surface area contributed by atoms with Crippen molar-refractivity contribution in [2.24, 2.45) is 5.41 Å². The molecule has 0 bridgehead atoms. The molecule has 0 radical (unpaired) electrons. The number of sulfonamides is 1. The van der Waals surface area contributed by atoms with E-state index < -0.39 is 21.4 Å². The summed E-state index contributed by atoms with van der Waals surface area (Å²) in [6.45, 7) is 5.37. The van der Waals surface area contributed by atoms with Crippen LogP contribution < -0.4 is 4.72 Å². The lowest BCUT2D eigenvalue weighted by atomic mass is 10.0. The first-order valence-corrected chi connectivity index (χ1v) is 6.53. The Labute approximate surface area is 99.3 Å². The number of aromatic amines is 1. The molecular weight excluding hydrogens is 246 g/mol. The summed E-state index contributed by atoms with van der Waals surface area (Å²) in [5.41, 5.74) is -0.559. The second kappa shape index (κ2) is 4.36. The molecule has 0 amide bonds. The maximum atomic E-state index is 11.7. The summed E-state index contributed by atoms with van der Waals surface area (Å²) >= 11 is 0. The standard InChI is InChI=1S/C9H15N3O4S/c1-9(2,3)5-17(15,16)12-7-4-6(8(13)14)10-11-7/h4H,5H2,1-3H3,(H,13,14)(H2,10,11,12). The summed E-state index contributed by atoms with van der Waals surface area (Å²) in [5, 5.41) is 14.4. The van der Waals surface area contributed by atoms with Crippen molar-refractivity contribution in [1.82, 2.24) is 10.2 Å². The smallest absolute Gasteiger partial charge is 0.353 e. The zero-order valence-corrected chi connectivity index (χ0v) is 10.6. The van der Waals surface area contributed by atoms with Gasteiger partial charge in [-0.1, -0.05) is 20.8 Å². The van der Waals surface area contributed by atoms with Crippen molar-refractivity contribution < 1.29 is 18.3 Å². The summed E-state index contributed by atoms with van der Waals surface area (Å²) in [6, 6.07) is 1.13. The molecule has 17 heavy (non-hydrogen) atoms. The van der Waals surface area contributed by atoms with E-state index in [2.05, 4.69) is 14.9 Å². The van der Waals surface area contributed by atoms with Gasteiger partial charge in [-0.25, -0.2) is 13.2 Å². The van der Waals surface area contributed by atoms with Gasteiger partial charge in [0.1, 0.15) is 5.69 Å². The van der Waals surface area contributed by atoms with Crippen molar-refractivity contribution in [3.63, 3.8) is 0 Å². The van der Waals surface area contributed by atoms with E-state index >= 15 is 0 Å². The molecule has 3 N–H and O–H groups in total. The van der Waals surface area contributed by atoms with Crippen LogP contribution in [0.4, 0.5) is 5.82 Å². The van der Waals surface area contributed by atoms with Crippen molar-refractivity contribution >= 4 is 21.8 Å². The van der Waals surface area contributed by atoms with Gasteiger partial charge >= 0.3 is 5.97 Å². The van der Waals surface area contributed by atoms with E-state index in [1.807, 2.05) is 0 Å². The minimum absolute atomic E-state index is 0.0216. The summed E-state index contributed by atoms with van der Waals surface area (Å²) in [6.07, 6.45) is 0. The molecule has 0 spiro atoms. The lowest BCUT2D eigenvalue weighted by Crippen LogP contribution is -2.26. The number of H-pyrrole nitrogens is 1. The number of aromatic nitrogens is 2. The van der Waals surface area contributed by atoms with Gasteiger partial charge in [0, 0.05) is 6.07 Å². The number of anilines is 1. The van der Waals surface area contributed by atoms with Gasteiger partial charge in [-0.05, 0) is 5.41 Å². The van der Waals surface area contributed by atoms with Crippen LogP contribution in [0, 0.1) is 5.41 Å². The van der Waals surface area contributed by atoms with Gasteiger partial charge in [0.25, 0.3) is 0 Å². The molecule has 0 aliphatic heterocycles. The lowest BCUT2D eigenvalue weighted by molar-refractivity contribution is 0.0690. The Kier molecular flexibility index (Phi) is 3.46. The molecule has 7 nitrogen and oxygen atoms in total. The molecule has 0 saturated heterocycles. The summed E-state index contributed by atoms with van der Waals surface area (Å²) in [7, 11) is -3.53. The van der Waals surface area contributed by atoms with E-state index in [0.717, 1.165) is 6.07 Å². The first kappa shape index (κ1) is 13.5. The molecule has 0 aliphatic carbocycles. The largest absolute Gasteiger partial charge is 0.477 e. The number of nitrogens with zero attached hydrogens (tertiary/aromatic N) is 1. The van der Waals surface area contributed by atoms with Gasteiger partial charge in [0.15, 0.2) is 5.82 Å². The van der Waals surface area contributed by atoms with E-state index in [0.29, 0.717) is 0 Å². The molecule has 0 saturated carbocycles. The number of hydrogen-bond donors (Lipinski definition) is 3. The Morgan fingerprint density at radius 2 is 2.12 bits per heavy atom.